The molecule has 0 unspecified atom stereocenters. The molecule has 0 aliphatic carbocycles. The molecule has 36 heavy (non-hydrogen) atoms. The summed E-state index contributed by atoms with van der Waals surface area (Å²) in [5.41, 5.74) is 6.47. The van der Waals surface area contributed by atoms with Crippen molar-refractivity contribution in [2.75, 3.05) is 38.2 Å². The highest BCUT2D eigenvalue weighted by atomic mass is 16.5. The molecular weight excluding hydrogens is 448 g/mol. The number of ether oxygens (including phenoxy) is 3. The number of hydrogen-bond acceptors (Lipinski definition) is 5. The first-order valence-corrected chi connectivity index (χ1v) is 13.4. The molecule has 1 saturated heterocycles. The Morgan fingerprint density at radius 1 is 0.833 bits per heavy atom. The Labute approximate surface area is 215 Å². The maximum atomic E-state index is 6.46. The van der Waals surface area contributed by atoms with Crippen molar-refractivity contribution in [3.63, 3.8) is 0 Å². The fraction of sp³-hybridized carbons (Fsp3) is 0.419. The minimum atomic E-state index is 0.163. The van der Waals surface area contributed by atoms with Crippen molar-refractivity contribution in [1.29, 1.82) is 0 Å². The second-order valence-corrected chi connectivity index (χ2v) is 9.78. The van der Waals surface area contributed by atoms with Crippen LogP contribution in [0.4, 0.5) is 5.69 Å². The molecule has 0 saturated carbocycles. The van der Waals surface area contributed by atoms with Crippen LogP contribution in [0.5, 0.6) is 5.75 Å². The molecule has 3 aromatic carbocycles. The summed E-state index contributed by atoms with van der Waals surface area (Å²) in [5.74, 6) is 1.30. The Kier molecular flexibility index (Phi) is 8.90. The number of anilines is 1. The fourth-order valence-corrected chi connectivity index (χ4v) is 5.11. The van der Waals surface area contributed by atoms with Crippen molar-refractivity contribution >= 4 is 5.69 Å². The van der Waals surface area contributed by atoms with Crippen LogP contribution in [-0.4, -0.2) is 39.0 Å². The molecule has 2 atom stereocenters. The largest absolute Gasteiger partial charge is 0.494 e. The molecule has 190 valence electrons. The maximum absolute atomic E-state index is 6.46. The van der Waals surface area contributed by atoms with E-state index in [4.69, 9.17) is 14.2 Å². The average molecular weight is 487 g/mol. The minimum Gasteiger partial charge on any atom is -0.494 e. The van der Waals surface area contributed by atoms with Crippen molar-refractivity contribution in [3.05, 3.63) is 95.1 Å². The zero-order valence-electron chi connectivity index (χ0n) is 21.1. The van der Waals surface area contributed by atoms with Crippen molar-refractivity contribution < 1.29 is 14.2 Å². The molecule has 5 rings (SSSR count). The second kappa shape index (κ2) is 12.9. The van der Waals surface area contributed by atoms with Gasteiger partial charge in [0, 0.05) is 31.1 Å². The molecule has 0 spiro atoms. The van der Waals surface area contributed by atoms with Crippen LogP contribution in [-0.2, 0) is 29.1 Å². The van der Waals surface area contributed by atoms with E-state index >= 15 is 0 Å². The first kappa shape index (κ1) is 24.8. The Bertz CT molecular complexity index is 1070. The molecule has 2 aliphatic rings. The molecule has 2 N–H and O–H groups in total. The van der Waals surface area contributed by atoms with Gasteiger partial charge in [-0.1, -0.05) is 54.6 Å². The molecule has 0 aromatic heterocycles. The minimum absolute atomic E-state index is 0.163. The van der Waals surface area contributed by atoms with Gasteiger partial charge in [-0.15, -0.1) is 0 Å². The Hall–Kier alpha value is -2.86. The topological polar surface area (TPSA) is 51.8 Å². The summed E-state index contributed by atoms with van der Waals surface area (Å²) in [6.07, 6.45) is 4.49. The van der Waals surface area contributed by atoms with Crippen molar-refractivity contribution in [2.45, 2.75) is 50.9 Å². The van der Waals surface area contributed by atoms with Gasteiger partial charge < -0.3 is 24.8 Å². The monoisotopic (exact) mass is 486 g/mol. The summed E-state index contributed by atoms with van der Waals surface area (Å²) in [4.78, 5) is 0. The number of rotatable bonds is 11. The standard InChI is InChI=1S/C31H38N2O3/c1-2-6-24(7-3-1)22-34-18-5-19-35-28-13-11-26(12-14-28)29-15-17-32-21-31(29)36-23-25-9-10-27-8-4-16-33-30(27)20-25/h1-3,6-7,9-14,20,29,31-33H,4-5,8,15-19,21-23H2/t29-,31+/m1/s1. The number of aryl methyl sites for hydroxylation is 1. The highest BCUT2D eigenvalue weighted by Crippen LogP contribution is 2.30. The van der Waals surface area contributed by atoms with Gasteiger partial charge in [0.2, 0.25) is 0 Å². The third-order valence-electron chi connectivity index (χ3n) is 7.12. The molecule has 5 heteroatoms. The van der Waals surface area contributed by atoms with Crippen LogP contribution < -0.4 is 15.4 Å². The third-order valence-corrected chi connectivity index (χ3v) is 7.12. The van der Waals surface area contributed by atoms with E-state index in [1.54, 1.807) is 0 Å². The van der Waals surface area contributed by atoms with Gasteiger partial charge in [-0.2, -0.15) is 0 Å². The predicted molar refractivity (Wildman–Crippen MR) is 145 cm³/mol. The van der Waals surface area contributed by atoms with Gasteiger partial charge in [-0.05, 0) is 66.3 Å². The average Bonchev–Trinajstić information content (AvgIpc) is 2.95. The van der Waals surface area contributed by atoms with E-state index in [-0.39, 0.29) is 6.10 Å². The quantitative estimate of drug-likeness (QED) is 0.341. The zero-order chi connectivity index (χ0) is 24.4. The first-order chi connectivity index (χ1) is 17.8. The van der Waals surface area contributed by atoms with Gasteiger partial charge in [0.25, 0.3) is 0 Å². The molecule has 2 heterocycles. The molecule has 0 radical (unpaired) electrons. The van der Waals surface area contributed by atoms with Crippen molar-refractivity contribution in [3.8, 4) is 5.75 Å². The van der Waals surface area contributed by atoms with E-state index < -0.39 is 0 Å². The number of hydrogen-bond donors (Lipinski definition) is 2. The molecule has 2 aliphatic heterocycles. The Morgan fingerprint density at radius 3 is 2.61 bits per heavy atom. The highest BCUT2D eigenvalue weighted by molar-refractivity contribution is 5.54. The summed E-state index contributed by atoms with van der Waals surface area (Å²) >= 11 is 0. The van der Waals surface area contributed by atoms with Crippen LogP contribution in [0.2, 0.25) is 0 Å². The summed E-state index contributed by atoms with van der Waals surface area (Å²) in [6, 6.07) is 25.6. The SMILES string of the molecule is c1ccc(COCCCOc2ccc([C@H]3CCNC[C@@H]3OCc3ccc4c(c3)NCCC4)cc2)cc1. The number of nitrogens with one attached hydrogen (secondary N) is 2. The predicted octanol–water partition coefficient (Wildman–Crippen LogP) is 5.69. The summed E-state index contributed by atoms with van der Waals surface area (Å²) in [6.45, 7) is 5.62. The van der Waals surface area contributed by atoms with Gasteiger partial charge in [-0.3, -0.25) is 0 Å². The van der Waals surface area contributed by atoms with Gasteiger partial charge in [0.05, 0.1) is 32.5 Å². The van der Waals surface area contributed by atoms with Crippen molar-refractivity contribution in [2.24, 2.45) is 0 Å². The lowest BCUT2D eigenvalue weighted by Crippen LogP contribution is -2.40. The van der Waals surface area contributed by atoms with E-state index in [9.17, 15) is 0 Å². The van der Waals surface area contributed by atoms with Gasteiger partial charge in [-0.25, -0.2) is 0 Å². The molecular formula is C31H38N2O3. The van der Waals surface area contributed by atoms with E-state index in [0.717, 1.165) is 38.2 Å². The van der Waals surface area contributed by atoms with Crippen LogP contribution in [0.1, 0.15) is 47.4 Å². The van der Waals surface area contributed by atoms with Crippen LogP contribution >= 0.6 is 0 Å². The number of piperidine rings is 1. The van der Waals surface area contributed by atoms with Crippen LogP contribution in [0.15, 0.2) is 72.8 Å². The molecule has 0 bridgehead atoms. The fourth-order valence-electron chi connectivity index (χ4n) is 5.11. The third kappa shape index (κ3) is 6.88. The van der Waals surface area contributed by atoms with E-state index in [1.165, 1.54) is 40.8 Å². The van der Waals surface area contributed by atoms with Gasteiger partial charge in [0.1, 0.15) is 5.75 Å². The molecule has 0 amide bonds. The lowest BCUT2D eigenvalue weighted by Gasteiger charge is -2.32. The van der Waals surface area contributed by atoms with Crippen LogP contribution in [0.3, 0.4) is 0 Å². The lowest BCUT2D eigenvalue weighted by molar-refractivity contribution is 0.0106. The zero-order valence-corrected chi connectivity index (χ0v) is 21.1. The molecule has 1 fully saturated rings. The molecule has 5 nitrogen and oxygen atoms in total. The van der Waals surface area contributed by atoms with Gasteiger partial charge >= 0.3 is 0 Å². The summed E-state index contributed by atoms with van der Waals surface area (Å²) in [5, 5.41) is 7.04. The van der Waals surface area contributed by atoms with E-state index in [1.807, 2.05) is 18.2 Å². The normalized spacial score (nSPS) is 19.3. The van der Waals surface area contributed by atoms with E-state index in [0.29, 0.717) is 32.3 Å². The second-order valence-electron chi connectivity index (χ2n) is 9.78. The van der Waals surface area contributed by atoms with Gasteiger partial charge in [0.15, 0.2) is 0 Å². The summed E-state index contributed by atoms with van der Waals surface area (Å²) in [7, 11) is 0. The van der Waals surface area contributed by atoms with Crippen molar-refractivity contribution in [1.82, 2.24) is 5.32 Å². The smallest absolute Gasteiger partial charge is 0.119 e. The van der Waals surface area contributed by atoms with Crippen LogP contribution in [0, 0.1) is 0 Å². The number of benzene rings is 3. The first-order valence-electron chi connectivity index (χ1n) is 13.4. The Balaban J connectivity index is 1.07. The summed E-state index contributed by atoms with van der Waals surface area (Å²) < 4.78 is 18.2. The maximum Gasteiger partial charge on any atom is 0.119 e. The Morgan fingerprint density at radius 2 is 1.72 bits per heavy atom. The lowest BCUT2D eigenvalue weighted by atomic mass is 9.87. The number of fused-ring (bicyclic) bond motifs is 1. The highest BCUT2D eigenvalue weighted by Gasteiger charge is 2.27. The van der Waals surface area contributed by atoms with E-state index in [2.05, 4.69) is 65.2 Å². The molecule has 3 aromatic rings. The van der Waals surface area contributed by atoms with Crippen LogP contribution in [0.25, 0.3) is 0 Å².